The molecule has 0 saturated carbocycles. The van der Waals surface area contributed by atoms with E-state index in [1.807, 2.05) is 0 Å². The first-order valence-corrected chi connectivity index (χ1v) is 6.24. The van der Waals surface area contributed by atoms with Crippen LogP contribution in [-0.4, -0.2) is 37.4 Å². The van der Waals surface area contributed by atoms with Crippen molar-refractivity contribution in [3.8, 4) is 5.82 Å². The average molecular weight is 316 g/mol. The molecule has 0 fully saturated rings. The first-order chi connectivity index (χ1) is 11.1. The van der Waals surface area contributed by atoms with Crippen molar-refractivity contribution in [1.29, 1.82) is 0 Å². The molecule has 0 bridgehead atoms. The lowest BCUT2D eigenvalue weighted by Crippen LogP contribution is -2.18. The minimum absolute atomic E-state index is 0.000526. The van der Waals surface area contributed by atoms with Gasteiger partial charge in [-0.2, -0.15) is 9.78 Å². The second kappa shape index (κ2) is 6.01. The van der Waals surface area contributed by atoms with Crippen LogP contribution in [0.3, 0.4) is 0 Å². The summed E-state index contributed by atoms with van der Waals surface area (Å²) in [5.74, 6) is -0.991. The predicted octanol–water partition coefficient (Wildman–Crippen LogP) is 0.135. The summed E-state index contributed by atoms with van der Waals surface area (Å²) in [5, 5.41) is 17.9. The van der Waals surface area contributed by atoms with Crippen LogP contribution < -0.4 is 11.2 Å². The van der Waals surface area contributed by atoms with Crippen molar-refractivity contribution in [3.05, 3.63) is 47.5 Å². The molecular weight excluding hydrogens is 307 g/mol. The summed E-state index contributed by atoms with van der Waals surface area (Å²) < 4.78 is 18.9. The molecule has 0 radical (unpaired) electrons. The summed E-state index contributed by atoms with van der Waals surface area (Å²) in [6.45, 7) is 0. The van der Waals surface area contributed by atoms with Crippen molar-refractivity contribution >= 4 is 17.9 Å². The van der Waals surface area contributed by atoms with E-state index >= 15 is 0 Å². The fourth-order valence-corrected chi connectivity index (χ4v) is 1.62. The SMILES string of the molecule is Nc1nonc1-n1cc(C(=O)NN=Cc2ccccc2F)nn1. The summed E-state index contributed by atoms with van der Waals surface area (Å²) in [7, 11) is 0. The maximum atomic E-state index is 13.4. The summed E-state index contributed by atoms with van der Waals surface area (Å²) >= 11 is 0. The molecule has 0 saturated heterocycles. The summed E-state index contributed by atoms with van der Waals surface area (Å²) in [5.41, 5.74) is 7.90. The lowest BCUT2D eigenvalue weighted by atomic mass is 10.2. The Morgan fingerprint density at radius 3 is 2.96 bits per heavy atom. The quantitative estimate of drug-likeness (QED) is 0.515. The normalized spacial score (nSPS) is 11.0. The summed E-state index contributed by atoms with van der Waals surface area (Å²) in [6, 6.07) is 5.99. The Morgan fingerprint density at radius 1 is 1.39 bits per heavy atom. The van der Waals surface area contributed by atoms with E-state index in [1.165, 1.54) is 24.5 Å². The standard InChI is InChI=1S/C12H9FN8O2/c13-8-4-2-1-3-7(8)5-15-17-12(22)9-6-21(20-16-9)11-10(14)18-23-19-11/h1-6H,(H2,14,18)(H,17,22). The number of amides is 1. The van der Waals surface area contributed by atoms with Gasteiger partial charge >= 0.3 is 0 Å². The van der Waals surface area contributed by atoms with Crippen LogP contribution in [0.4, 0.5) is 10.2 Å². The number of nitrogens with two attached hydrogens (primary N) is 1. The molecule has 2 heterocycles. The van der Waals surface area contributed by atoms with Crippen LogP contribution in [0.25, 0.3) is 5.82 Å². The number of carbonyl (C=O) groups excluding carboxylic acids is 1. The van der Waals surface area contributed by atoms with Gasteiger partial charge in [0.05, 0.1) is 12.4 Å². The highest BCUT2D eigenvalue weighted by molar-refractivity contribution is 5.92. The zero-order chi connectivity index (χ0) is 16.2. The number of halogens is 1. The Bertz CT molecular complexity index is 871. The number of nitrogens with zero attached hydrogens (tertiary/aromatic N) is 6. The average Bonchev–Trinajstić information content (AvgIpc) is 3.17. The Labute approximate surface area is 127 Å². The van der Waals surface area contributed by atoms with Gasteiger partial charge in [0, 0.05) is 5.56 Å². The number of anilines is 1. The van der Waals surface area contributed by atoms with Crippen molar-refractivity contribution < 1.29 is 13.8 Å². The second-order valence-electron chi connectivity index (χ2n) is 4.24. The smallest absolute Gasteiger partial charge is 0.293 e. The largest absolute Gasteiger partial charge is 0.378 e. The minimum atomic E-state index is -0.640. The fourth-order valence-electron chi connectivity index (χ4n) is 1.62. The molecule has 2 aromatic heterocycles. The molecule has 116 valence electrons. The highest BCUT2D eigenvalue weighted by atomic mass is 19.1. The van der Waals surface area contributed by atoms with Gasteiger partial charge in [-0.1, -0.05) is 23.4 Å². The number of hydrazone groups is 1. The molecule has 23 heavy (non-hydrogen) atoms. The van der Waals surface area contributed by atoms with E-state index in [9.17, 15) is 9.18 Å². The predicted molar refractivity (Wildman–Crippen MR) is 75.1 cm³/mol. The van der Waals surface area contributed by atoms with Gasteiger partial charge in [0.15, 0.2) is 5.69 Å². The molecule has 0 aliphatic rings. The second-order valence-corrected chi connectivity index (χ2v) is 4.24. The first-order valence-electron chi connectivity index (χ1n) is 6.24. The molecule has 1 amide bonds. The number of nitrogen functional groups attached to an aromatic ring is 1. The van der Waals surface area contributed by atoms with Crippen LogP contribution in [0.5, 0.6) is 0 Å². The lowest BCUT2D eigenvalue weighted by Gasteiger charge is -1.96. The maximum absolute atomic E-state index is 13.4. The minimum Gasteiger partial charge on any atom is -0.378 e. The molecule has 11 heteroatoms. The fraction of sp³-hybridized carbons (Fsp3) is 0. The number of hydrogen-bond donors (Lipinski definition) is 2. The van der Waals surface area contributed by atoms with Crippen molar-refractivity contribution in [3.63, 3.8) is 0 Å². The third-order valence-electron chi connectivity index (χ3n) is 2.71. The molecule has 0 spiro atoms. The van der Waals surface area contributed by atoms with Gasteiger partial charge in [0.2, 0.25) is 11.6 Å². The molecule has 0 aliphatic carbocycles. The van der Waals surface area contributed by atoms with Crippen LogP contribution in [0.1, 0.15) is 16.1 Å². The molecule has 10 nitrogen and oxygen atoms in total. The molecular formula is C12H9FN8O2. The zero-order valence-electron chi connectivity index (χ0n) is 11.4. The van der Waals surface area contributed by atoms with E-state index in [2.05, 4.69) is 35.8 Å². The van der Waals surface area contributed by atoms with E-state index in [1.54, 1.807) is 12.1 Å². The topological polar surface area (TPSA) is 137 Å². The molecule has 0 atom stereocenters. The van der Waals surface area contributed by atoms with Gasteiger partial charge in [0.25, 0.3) is 5.91 Å². The lowest BCUT2D eigenvalue weighted by molar-refractivity contribution is 0.0950. The van der Waals surface area contributed by atoms with E-state index in [-0.39, 0.29) is 22.9 Å². The van der Waals surface area contributed by atoms with E-state index in [0.29, 0.717) is 0 Å². The van der Waals surface area contributed by atoms with E-state index < -0.39 is 11.7 Å². The van der Waals surface area contributed by atoms with Gasteiger partial charge in [-0.05, 0) is 16.4 Å². The number of carbonyl (C=O) groups is 1. The summed E-state index contributed by atoms with van der Waals surface area (Å²) in [6.07, 6.45) is 2.45. The van der Waals surface area contributed by atoms with E-state index in [0.717, 1.165) is 4.68 Å². The third kappa shape index (κ3) is 3.02. The number of benzene rings is 1. The van der Waals surface area contributed by atoms with Crippen LogP contribution >= 0.6 is 0 Å². The number of aromatic nitrogens is 5. The number of rotatable bonds is 4. The van der Waals surface area contributed by atoms with Gasteiger partial charge in [-0.3, -0.25) is 4.79 Å². The molecule has 1 aromatic carbocycles. The van der Waals surface area contributed by atoms with Gasteiger partial charge < -0.3 is 5.73 Å². The van der Waals surface area contributed by atoms with Crippen molar-refractivity contribution in [2.75, 3.05) is 5.73 Å². The van der Waals surface area contributed by atoms with Crippen molar-refractivity contribution in [1.82, 2.24) is 30.7 Å². The molecule has 0 unspecified atom stereocenters. The van der Waals surface area contributed by atoms with E-state index in [4.69, 9.17) is 5.73 Å². The highest BCUT2D eigenvalue weighted by Gasteiger charge is 2.15. The molecule has 3 aromatic rings. The Hall–Kier alpha value is -3.63. The van der Waals surface area contributed by atoms with Crippen molar-refractivity contribution in [2.45, 2.75) is 0 Å². The monoisotopic (exact) mass is 316 g/mol. The van der Waals surface area contributed by atoms with Crippen molar-refractivity contribution in [2.24, 2.45) is 5.10 Å². The van der Waals surface area contributed by atoms with Crippen LogP contribution in [-0.2, 0) is 0 Å². The van der Waals surface area contributed by atoms with Gasteiger partial charge in [-0.25, -0.2) is 14.4 Å². The Morgan fingerprint density at radius 2 is 2.22 bits per heavy atom. The van der Waals surface area contributed by atoms with Gasteiger partial charge in [-0.15, -0.1) is 5.10 Å². The first kappa shape index (κ1) is 14.3. The highest BCUT2D eigenvalue weighted by Crippen LogP contribution is 2.09. The van der Waals surface area contributed by atoms with Crippen LogP contribution in [0.2, 0.25) is 0 Å². The molecule has 3 rings (SSSR count). The zero-order valence-corrected chi connectivity index (χ0v) is 11.4. The third-order valence-corrected chi connectivity index (χ3v) is 2.71. The Kier molecular flexibility index (Phi) is 3.74. The van der Waals surface area contributed by atoms with Gasteiger partial charge in [0.1, 0.15) is 5.82 Å². The molecule has 3 N–H and O–H groups in total. The Balaban J connectivity index is 1.69. The maximum Gasteiger partial charge on any atom is 0.293 e. The molecule has 0 aliphatic heterocycles. The number of nitrogens with one attached hydrogen (secondary N) is 1. The summed E-state index contributed by atoms with van der Waals surface area (Å²) in [4.78, 5) is 11.9. The van der Waals surface area contributed by atoms with Crippen LogP contribution in [0.15, 0.2) is 40.2 Å². The van der Waals surface area contributed by atoms with Crippen LogP contribution in [0, 0.1) is 5.82 Å². The number of hydrogen-bond acceptors (Lipinski definition) is 8.